The van der Waals surface area contributed by atoms with Crippen LogP contribution in [0, 0.1) is 17.3 Å². The first-order valence-electron chi connectivity index (χ1n) is 6.44. The van der Waals surface area contributed by atoms with Crippen molar-refractivity contribution in [1.29, 1.82) is 0 Å². The van der Waals surface area contributed by atoms with Crippen LogP contribution < -0.4 is 5.32 Å². The molecular weight excluding hydrogens is 222 g/mol. The minimum atomic E-state index is 0.211. The van der Waals surface area contributed by atoms with E-state index in [2.05, 4.69) is 31.0 Å². The van der Waals surface area contributed by atoms with E-state index < -0.39 is 0 Å². The molecule has 0 amide bonds. The summed E-state index contributed by atoms with van der Waals surface area (Å²) >= 11 is 0. The van der Waals surface area contributed by atoms with Gasteiger partial charge in [-0.15, -0.1) is 0 Å². The largest absolute Gasteiger partial charge is 0.381 e. The third-order valence-corrected chi connectivity index (χ3v) is 3.91. The second kappa shape index (κ2) is 5.56. The second-order valence-corrected chi connectivity index (χ2v) is 5.38. The number of ether oxygens (including phenoxy) is 1. The van der Waals surface area contributed by atoms with Gasteiger partial charge in [0.1, 0.15) is 0 Å². The van der Waals surface area contributed by atoms with Crippen LogP contribution in [0.25, 0.3) is 0 Å². The van der Waals surface area contributed by atoms with Crippen LogP contribution in [0.5, 0.6) is 0 Å². The number of hydrogen-bond acceptors (Lipinski definition) is 2. The van der Waals surface area contributed by atoms with E-state index in [1.165, 1.54) is 0 Å². The molecule has 1 aliphatic rings. The highest BCUT2D eigenvalue weighted by molar-refractivity contribution is 5.33. The van der Waals surface area contributed by atoms with E-state index in [4.69, 9.17) is 4.74 Å². The summed E-state index contributed by atoms with van der Waals surface area (Å²) in [5.74, 6) is 6.33. The Morgan fingerprint density at radius 1 is 1.33 bits per heavy atom. The molecule has 1 aromatic rings. The summed E-state index contributed by atoms with van der Waals surface area (Å²) in [6, 6.07) is 10.6. The van der Waals surface area contributed by atoms with Gasteiger partial charge in [-0.25, -0.2) is 0 Å². The Bertz CT molecular complexity index is 441. The molecule has 18 heavy (non-hydrogen) atoms. The molecule has 0 aliphatic heterocycles. The van der Waals surface area contributed by atoms with Crippen molar-refractivity contribution in [2.24, 2.45) is 5.41 Å². The van der Waals surface area contributed by atoms with E-state index in [1.54, 1.807) is 7.11 Å². The lowest BCUT2D eigenvalue weighted by Gasteiger charge is -2.51. The molecular formula is C16H21NO. The zero-order valence-corrected chi connectivity index (χ0v) is 11.4. The van der Waals surface area contributed by atoms with Crippen LogP contribution in [0.1, 0.15) is 25.8 Å². The Morgan fingerprint density at radius 3 is 2.67 bits per heavy atom. The van der Waals surface area contributed by atoms with E-state index in [9.17, 15) is 0 Å². The molecule has 1 fully saturated rings. The quantitative estimate of drug-likeness (QED) is 0.823. The van der Waals surface area contributed by atoms with Gasteiger partial charge in [-0.05, 0) is 18.6 Å². The molecule has 0 bridgehead atoms. The standard InChI is InChI=1S/C16H21NO/c1-16(2)14(12-15(16)18-3)17-11-7-10-13-8-5-4-6-9-13/h4-6,8-9,14-15,17H,11-12H2,1-3H3. The molecule has 0 spiro atoms. The Hall–Kier alpha value is -1.30. The minimum absolute atomic E-state index is 0.211. The van der Waals surface area contributed by atoms with Gasteiger partial charge in [0.15, 0.2) is 0 Å². The van der Waals surface area contributed by atoms with Crippen LogP contribution >= 0.6 is 0 Å². The summed E-state index contributed by atoms with van der Waals surface area (Å²) in [5, 5.41) is 3.49. The predicted octanol–water partition coefficient (Wildman–Crippen LogP) is 2.44. The topological polar surface area (TPSA) is 21.3 Å². The minimum Gasteiger partial charge on any atom is -0.381 e. The van der Waals surface area contributed by atoms with Crippen LogP contribution in [0.15, 0.2) is 30.3 Å². The van der Waals surface area contributed by atoms with Crippen LogP contribution in [-0.4, -0.2) is 25.8 Å². The third kappa shape index (κ3) is 2.75. The summed E-state index contributed by atoms with van der Waals surface area (Å²) in [6.07, 6.45) is 1.45. The molecule has 0 radical (unpaired) electrons. The number of rotatable bonds is 3. The number of methoxy groups -OCH3 is 1. The van der Waals surface area contributed by atoms with Gasteiger partial charge in [0.05, 0.1) is 12.6 Å². The van der Waals surface area contributed by atoms with Crippen molar-refractivity contribution in [1.82, 2.24) is 5.32 Å². The van der Waals surface area contributed by atoms with Crippen LogP contribution in [-0.2, 0) is 4.74 Å². The SMILES string of the molecule is COC1CC(NCC#Cc2ccccc2)C1(C)C. The molecule has 0 saturated heterocycles. The maximum absolute atomic E-state index is 5.43. The molecule has 1 saturated carbocycles. The van der Waals surface area contributed by atoms with Crippen molar-refractivity contribution in [3.63, 3.8) is 0 Å². The summed E-state index contributed by atoms with van der Waals surface area (Å²) in [4.78, 5) is 0. The molecule has 2 atom stereocenters. The Kier molecular flexibility index (Phi) is 4.06. The molecule has 2 heteroatoms. The molecule has 1 aromatic carbocycles. The molecule has 2 unspecified atom stereocenters. The molecule has 1 N–H and O–H groups in total. The highest BCUT2D eigenvalue weighted by atomic mass is 16.5. The zero-order valence-electron chi connectivity index (χ0n) is 11.4. The van der Waals surface area contributed by atoms with Gasteiger partial charge in [-0.3, -0.25) is 0 Å². The first-order chi connectivity index (χ1) is 8.64. The van der Waals surface area contributed by atoms with Gasteiger partial charge >= 0.3 is 0 Å². The molecule has 2 rings (SSSR count). The summed E-state index contributed by atoms with van der Waals surface area (Å²) in [5.41, 5.74) is 1.28. The fraction of sp³-hybridized carbons (Fsp3) is 0.500. The first-order valence-corrected chi connectivity index (χ1v) is 6.44. The van der Waals surface area contributed by atoms with Crippen LogP contribution in [0.2, 0.25) is 0 Å². The highest BCUT2D eigenvalue weighted by Crippen LogP contribution is 2.42. The lowest BCUT2D eigenvalue weighted by molar-refractivity contribution is -0.0962. The first kappa shape index (κ1) is 13.1. The molecule has 96 valence electrons. The number of hydrogen-bond donors (Lipinski definition) is 1. The van der Waals surface area contributed by atoms with E-state index in [0.717, 1.165) is 18.5 Å². The molecule has 0 heterocycles. The van der Waals surface area contributed by atoms with E-state index in [1.807, 2.05) is 30.3 Å². The average Bonchev–Trinajstić information content (AvgIpc) is 2.38. The summed E-state index contributed by atoms with van der Waals surface area (Å²) < 4.78 is 5.43. The van der Waals surface area contributed by atoms with Crippen LogP contribution in [0.3, 0.4) is 0 Å². The van der Waals surface area contributed by atoms with Crippen molar-refractivity contribution in [3.05, 3.63) is 35.9 Å². The van der Waals surface area contributed by atoms with Gasteiger partial charge in [-0.2, -0.15) is 0 Å². The zero-order chi connectivity index (χ0) is 13.0. The lowest BCUT2D eigenvalue weighted by Crippen LogP contribution is -2.60. The highest BCUT2D eigenvalue weighted by Gasteiger charge is 2.47. The Morgan fingerprint density at radius 2 is 2.06 bits per heavy atom. The number of benzene rings is 1. The van der Waals surface area contributed by atoms with Gasteiger partial charge in [0.25, 0.3) is 0 Å². The fourth-order valence-corrected chi connectivity index (χ4v) is 2.47. The van der Waals surface area contributed by atoms with E-state index >= 15 is 0 Å². The average molecular weight is 243 g/mol. The molecule has 0 aromatic heterocycles. The van der Waals surface area contributed by atoms with Crippen LogP contribution in [0.4, 0.5) is 0 Å². The van der Waals surface area contributed by atoms with Gasteiger partial charge < -0.3 is 10.1 Å². The summed E-state index contributed by atoms with van der Waals surface area (Å²) in [7, 11) is 1.79. The molecule has 2 nitrogen and oxygen atoms in total. The smallest absolute Gasteiger partial charge is 0.0652 e. The number of nitrogens with one attached hydrogen (secondary N) is 1. The Balaban J connectivity index is 1.79. The normalized spacial score (nSPS) is 24.8. The monoisotopic (exact) mass is 243 g/mol. The Labute approximate surface area is 110 Å². The fourth-order valence-electron chi connectivity index (χ4n) is 2.47. The van der Waals surface area contributed by atoms with Crippen molar-refractivity contribution in [2.45, 2.75) is 32.4 Å². The van der Waals surface area contributed by atoms with E-state index in [0.29, 0.717) is 12.1 Å². The van der Waals surface area contributed by atoms with Gasteiger partial charge in [-0.1, -0.05) is 43.9 Å². The summed E-state index contributed by atoms with van der Waals surface area (Å²) in [6.45, 7) is 5.22. The maximum Gasteiger partial charge on any atom is 0.0652 e. The van der Waals surface area contributed by atoms with E-state index in [-0.39, 0.29) is 5.41 Å². The van der Waals surface area contributed by atoms with Crippen molar-refractivity contribution < 1.29 is 4.74 Å². The van der Waals surface area contributed by atoms with Crippen molar-refractivity contribution in [3.8, 4) is 11.8 Å². The third-order valence-electron chi connectivity index (χ3n) is 3.91. The second-order valence-electron chi connectivity index (χ2n) is 5.38. The van der Waals surface area contributed by atoms with Crippen molar-refractivity contribution >= 4 is 0 Å². The molecule has 1 aliphatic carbocycles. The predicted molar refractivity (Wildman–Crippen MR) is 74.3 cm³/mol. The lowest BCUT2D eigenvalue weighted by atomic mass is 9.64. The van der Waals surface area contributed by atoms with Crippen molar-refractivity contribution in [2.75, 3.05) is 13.7 Å². The van der Waals surface area contributed by atoms with Gasteiger partial charge in [0, 0.05) is 24.1 Å². The maximum atomic E-state index is 5.43. The van der Waals surface area contributed by atoms with Gasteiger partial charge in [0.2, 0.25) is 0 Å².